The molecule has 0 aliphatic heterocycles. The highest BCUT2D eigenvalue weighted by Crippen LogP contribution is 2.30. The number of rotatable bonds is 1. The Bertz CT molecular complexity index is 330. The van der Waals surface area contributed by atoms with Crippen molar-refractivity contribution in [2.24, 2.45) is 0 Å². The Kier molecular flexibility index (Phi) is 2.65. The molecular weight excluding hydrogens is 178 g/mol. The summed E-state index contributed by atoms with van der Waals surface area (Å²) in [6, 6.07) is 0. The van der Waals surface area contributed by atoms with E-state index in [0.717, 1.165) is 12.8 Å². The molecule has 1 aromatic heterocycles. The van der Waals surface area contributed by atoms with E-state index in [1.165, 1.54) is 22.7 Å². The fraction of sp³-hybridized carbons (Fsp3) is 0.545. The van der Waals surface area contributed by atoms with Gasteiger partial charge in [0.05, 0.1) is 5.01 Å². The highest BCUT2D eigenvalue weighted by atomic mass is 32.1. The first-order chi connectivity index (χ1) is 6.36. The van der Waals surface area contributed by atoms with Crippen LogP contribution in [-0.4, -0.2) is 4.98 Å². The first-order valence-corrected chi connectivity index (χ1v) is 5.56. The van der Waals surface area contributed by atoms with Crippen molar-refractivity contribution < 1.29 is 0 Å². The highest BCUT2D eigenvalue weighted by Gasteiger charge is 2.14. The minimum atomic E-state index is 0.654. The van der Waals surface area contributed by atoms with Crippen LogP contribution in [0.1, 0.15) is 41.5 Å². The van der Waals surface area contributed by atoms with Gasteiger partial charge in [-0.05, 0) is 19.8 Å². The van der Waals surface area contributed by atoms with E-state index in [1.807, 2.05) is 17.5 Å². The van der Waals surface area contributed by atoms with Gasteiger partial charge in [0.15, 0.2) is 0 Å². The Morgan fingerprint density at radius 1 is 1.38 bits per heavy atom. The van der Waals surface area contributed by atoms with Crippen LogP contribution in [0.4, 0.5) is 0 Å². The van der Waals surface area contributed by atoms with Crippen molar-refractivity contribution in [3.05, 3.63) is 16.1 Å². The van der Waals surface area contributed by atoms with E-state index in [9.17, 15) is 0 Å². The maximum atomic E-state index is 4.44. The molecule has 0 spiro atoms. The molecule has 0 bridgehead atoms. The zero-order valence-electron chi connectivity index (χ0n) is 7.84. The van der Waals surface area contributed by atoms with Gasteiger partial charge < -0.3 is 0 Å². The third-order valence-electron chi connectivity index (χ3n) is 2.35. The molecule has 1 aromatic rings. The zero-order valence-corrected chi connectivity index (χ0v) is 8.66. The van der Waals surface area contributed by atoms with Gasteiger partial charge in [0.2, 0.25) is 0 Å². The largest absolute Gasteiger partial charge is 0.249 e. The summed E-state index contributed by atoms with van der Waals surface area (Å²) in [6.45, 7) is 2.12. The van der Waals surface area contributed by atoms with E-state index in [1.54, 1.807) is 0 Å². The van der Waals surface area contributed by atoms with Crippen LogP contribution in [0.25, 0.3) is 0 Å². The van der Waals surface area contributed by atoms with Gasteiger partial charge in [-0.1, -0.05) is 0 Å². The average molecular weight is 191 g/mol. The number of aryl methyl sites for hydroxylation is 1. The van der Waals surface area contributed by atoms with Gasteiger partial charge >= 0.3 is 0 Å². The Balaban J connectivity index is 2.08. The molecule has 2 rings (SSSR count). The second kappa shape index (κ2) is 3.93. The van der Waals surface area contributed by atoms with Gasteiger partial charge in [0.25, 0.3) is 0 Å². The van der Waals surface area contributed by atoms with Crippen LogP contribution in [0, 0.1) is 18.8 Å². The van der Waals surface area contributed by atoms with Gasteiger partial charge in [-0.25, -0.2) is 4.98 Å². The Morgan fingerprint density at radius 3 is 2.62 bits per heavy atom. The minimum Gasteiger partial charge on any atom is -0.249 e. The van der Waals surface area contributed by atoms with Crippen LogP contribution in [0.2, 0.25) is 0 Å². The molecule has 0 N–H and O–H groups in total. The molecule has 1 aliphatic rings. The number of thiazole rings is 1. The van der Waals surface area contributed by atoms with Gasteiger partial charge in [-0.15, -0.1) is 23.2 Å². The van der Waals surface area contributed by atoms with Crippen LogP contribution in [0.15, 0.2) is 6.20 Å². The maximum Gasteiger partial charge on any atom is 0.0959 e. The molecule has 13 heavy (non-hydrogen) atoms. The van der Waals surface area contributed by atoms with Crippen molar-refractivity contribution in [2.45, 2.75) is 38.5 Å². The Hall–Kier alpha value is -0.810. The molecular formula is C11H13NS. The molecule has 0 atom stereocenters. The monoisotopic (exact) mass is 191 g/mol. The summed E-state index contributed by atoms with van der Waals surface area (Å²) >= 11 is 1.84. The third-order valence-corrected chi connectivity index (χ3v) is 3.42. The molecule has 0 radical (unpaired) electrons. The summed E-state index contributed by atoms with van der Waals surface area (Å²) in [6.07, 6.45) is 6.46. The van der Waals surface area contributed by atoms with Crippen LogP contribution < -0.4 is 0 Å². The average Bonchev–Trinajstić information content (AvgIpc) is 2.43. The van der Waals surface area contributed by atoms with Crippen molar-refractivity contribution in [3.63, 3.8) is 0 Å². The molecule has 1 aliphatic carbocycles. The lowest BCUT2D eigenvalue weighted by Gasteiger charge is -2.08. The molecule has 1 nitrogen and oxygen atoms in total. The molecule has 1 heterocycles. The normalized spacial score (nSPS) is 17.6. The van der Waals surface area contributed by atoms with E-state index >= 15 is 0 Å². The van der Waals surface area contributed by atoms with Gasteiger partial charge in [0, 0.05) is 29.8 Å². The van der Waals surface area contributed by atoms with Gasteiger partial charge in [-0.2, -0.15) is 0 Å². The van der Waals surface area contributed by atoms with Crippen LogP contribution in [-0.2, 0) is 0 Å². The van der Waals surface area contributed by atoms with Crippen molar-refractivity contribution in [1.29, 1.82) is 0 Å². The van der Waals surface area contributed by atoms with E-state index < -0.39 is 0 Å². The summed E-state index contributed by atoms with van der Waals surface area (Å²) in [5.41, 5.74) is 0. The minimum absolute atomic E-state index is 0.654. The summed E-state index contributed by atoms with van der Waals surface area (Å²) in [4.78, 5) is 5.76. The first kappa shape index (κ1) is 8.77. The quantitative estimate of drug-likeness (QED) is 0.621. The second-order valence-corrected chi connectivity index (χ2v) is 4.70. The lowest BCUT2D eigenvalue weighted by molar-refractivity contribution is 0.602. The van der Waals surface area contributed by atoms with Gasteiger partial charge in [-0.3, -0.25) is 0 Å². The van der Waals surface area contributed by atoms with Crippen LogP contribution in [0.3, 0.4) is 0 Å². The fourth-order valence-corrected chi connectivity index (χ4v) is 2.56. The highest BCUT2D eigenvalue weighted by molar-refractivity contribution is 7.11. The first-order valence-electron chi connectivity index (χ1n) is 4.74. The number of hydrogen-bond acceptors (Lipinski definition) is 2. The molecule has 0 saturated carbocycles. The smallest absolute Gasteiger partial charge is 0.0959 e. The van der Waals surface area contributed by atoms with E-state index in [2.05, 4.69) is 23.7 Å². The lowest BCUT2D eigenvalue weighted by Crippen LogP contribution is -1.96. The van der Waals surface area contributed by atoms with E-state index in [4.69, 9.17) is 0 Å². The Labute approximate surface area is 83.2 Å². The zero-order chi connectivity index (χ0) is 9.10. The summed E-state index contributed by atoms with van der Waals surface area (Å²) in [7, 11) is 0. The second-order valence-electron chi connectivity index (χ2n) is 3.44. The maximum absolute atomic E-state index is 4.44. The molecule has 0 saturated heterocycles. The summed E-state index contributed by atoms with van der Waals surface area (Å²) in [5.74, 6) is 7.02. The molecule has 0 fully saturated rings. The van der Waals surface area contributed by atoms with Crippen molar-refractivity contribution in [2.75, 3.05) is 0 Å². The SMILES string of the molecule is Cc1cnc(C2CCC#CCC2)s1. The van der Waals surface area contributed by atoms with Crippen molar-refractivity contribution >= 4 is 11.3 Å². The summed E-state index contributed by atoms with van der Waals surface area (Å²) in [5, 5.41) is 1.31. The number of hydrogen-bond donors (Lipinski definition) is 0. The third kappa shape index (κ3) is 2.10. The van der Waals surface area contributed by atoms with Crippen molar-refractivity contribution in [3.8, 4) is 11.8 Å². The van der Waals surface area contributed by atoms with E-state index in [-0.39, 0.29) is 0 Å². The van der Waals surface area contributed by atoms with Crippen LogP contribution in [0.5, 0.6) is 0 Å². The Morgan fingerprint density at radius 2 is 2.08 bits per heavy atom. The molecule has 0 aromatic carbocycles. The molecule has 0 unspecified atom stereocenters. The van der Waals surface area contributed by atoms with E-state index in [0.29, 0.717) is 5.92 Å². The van der Waals surface area contributed by atoms with Gasteiger partial charge in [0.1, 0.15) is 0 Å². The molecule has 0 amide bonds. The molecule has 2 heteroatoms. The number of aromatic nitrogens is 1. The standard InChI is InChI=1S/C11H13NS/c1-9-8-12-11(13-9)10-6-4-2-3-5-7-10/h8,10H,4-7H2,1H3. The predicted octanol–water partition coefficient (Wildman–Crippen LogP) is 3.11. The lowest BCUT2D eigenvalue weighted by atomic mass is 10.0. The topological polar surface area (TPSA) is 12.9 Å². The predicted molar refractivity (Wildman–Crippen MR) is 55.8 cm³/mol. The summed E-state index contributed by atoms with van der Waals surface area (Å²) < 4.78 is 0. The van der Waals surface area contributed by atoms with Crippen molar-refractivity contribution in [1.82, 2.24) is 4.98 Å². The fourth-order valence-electron chi connectivity index (χ4n) is 1.62. The number of nitrogens with zero attached hydrogens (tertiary/aromatic N) is 1. The molecule has 68 valence electrons. The van der Waals surface area contributed by atoms with Crippen LogP contribution >= 0.6 is 11.3 Å².